The minimum atomic E-state index is 0.665. The van der Waals surface area contributed by atoms with Gasteiger partial charge in [-0.05, 0) is 19.3 Å². The van der Waals surface area contributed by atoms with Crippen molar-refractivity contribution in [3.63, 3.8) is 0 Å². The van der Waals surface area contributed by atoms with Crippen molar-refractivity contribution < 1.29 is 4.74 Å². The van der Waals surface area contributed by atoms with E-state index in [2.05, 4.69) is 14.9 Å². The van der Waals surface area contributed by atoms with E-state index in [9.17, 15) is 0 Å². The van der Waals surface area contributed by atoms with Gasteiger partial charge < -0.3 is 14.6 Å². The van der Waals surface area contributed by atoms with Crippen LogP contribution in [0, 0.1) is 0 Å². The van der Waals surface area contributed by atoms with Gasteiger partial charge >= 0.3 is 0 Å². The number of aryl methyl sites for hydroxylation is 1. The highest BCUT2D eigenvalue weighted by Gasteiger charge is 2.22. The lowest BCUT2D eigenvalue weighted by Crippen LogP contribution is -2.09. The summed E-state index contributed by atoms with van der Waals surface area (Å²) in [7, 11) is 1.73. The molecule has 2 rings (SSSR count). The van der Waals surface area contributed by atoms with Gasteiger partial charge in [-0.15, -0.1) is 0 Å². The normalized spacial score (nSPS) is 15.8. The van der Waals surface area contributed by atoms with Crippen molar-refractivity contribution in [1.29, 1.82) is 0 Å². The summed E-state index contributed by atoms with van der Waals surface area (Å²) in [5.74, 6) is 1.00. The molecule has 0 atom stereocenters. The number of hydrogen-bond donors (Lipinski definition) is 1. The van der Waals surface area contributed by atoms with Crippen LogP contribution in [0.25, 0.3) is 0 Å². The Balaban J connectivity index is 1.84. The molecular weight excluding hydrogens is 178 g/mol. The van der Waals surface area contributed by atoms with E-state index in [-0.39, 0.29) is 0 Å². The minimum absolute atomic E-state index is 0.665. The van der Waals surface area contributed by atoms with E-state index < -0.39 is 0 Å². The standard InChI is InChI=1S/C10H17N3O/c1-14-8-2-6-13-7-5-11-10(13)12-9-3-4-9/h5,7,9H,2-4,6,8H2,1H3,(H,11,12). The molecule has 4 nitrogen and oxygen atoms in total. The summed E-state index contributed by atoms with van der Waals surface area (Å²) < 4.78 is 7.17. The molecule has 78 valence electrons. The number of hydrogen-bond acceptors (Lipinski definition) is 3. The van der Waals surface area contributed by atoms with E-state index in [1.165, 1.54) is 12.8 Å². The van der Waals surface area contributed by atoms with Gasteiger partial charge in [0.25, 0.3) is 0 Å². The molecule has 1 aliphatic carbocycles. The average molecular weight is 195 g/mol. The second-order valence-corrected chi connectivity index (χ2v) is 3.71. The number of aromatic nitrogens is 2. The highest BCUT2D eigenvalue weighted by molar-refractivity contribution is 5.29. The molecule has 1 fully saturated rings. The maximum Gasteiger partial charge on any atom is 0.202 e. The van der Waals surface area contributed by atoms with Gasteiger partial charge in [0.1, 0.15) is 0 Å². The van der Waals surface area contributed by atoms with Crippen LogP contribution in [0.15, 0.2) is 12.4 Å². The molecule has 1 aromatic heterocycles. The Kier molecular flexibility index (Phi) is 3.03. The van der Waals surface area contributed by atoms with Gasteiger partial charge in [-0.1, -0.05) is 0 Å². The highest BCUT2D eigenvalue weighted by Crippen LogP contribution is 2.23. The molecule has 0 aromatic carbocycles. The molecule has 1 N–H and O–H groups in total. The smallest absolute Gasteiger partial charge is 0.202 e. The van der Waals surface area contributed by atoms with Crippen LogP contribution in [0.5, 0.6) is 0 Å². The third-order valence-corrected chi connectivity index (χ3v) is 2.37. The molecule has 0 spiro atoms. The fraction of sp³-hybridized carbons (Fsp3) is 0.700. The average Bonchev–Trinajstić information content (AvgIpc) is 2.88. The molecule has 0 unspecified atom stereocenters. The number of rotatable bonds is 6. The predicted octanol–water partition coefficient (Wildman–Crippen LogP) is 1.49. The summed E-state index contributed by atoms with van der Waals surface area (Å²) in [4.78, 5) is 4.29. The first-order valence-electron chi connectivity index (χ1n) is 5.17. The fourth-order valence-electron chi connectivity index (χ4n) is 1.42. The number of nitrogens with zero attached hydrogens (tertiary/aromatic N) is 2. The van der Waals surface area contributed by atoms with Crippen molar-refractivity contribution in [1.82, 2.24) is 9.55 Å². The summed E-state index contributed by atoms with van der Waals surface area (Å²) in [5, 5.41) is 3.40. The van der Waals surface area contributed by atoms with E-state index in [0.29, 0.717) is 6.04 Å². The second kappa shape index (κ2) is 4.46. The van der Waals surface area contributed by atoms with Gasteiger partial charge in [-0.2, -0.15) is 0 Å². The van der Waals surface area contributed by atoms with Gasteiger partial charge in [0.2, 0.25) is 5.95 Å². The zero-order chi connectivity index (χ0) is 9.80. The van der Waals surface area contributed by atoms with Gasteiger partial charge in [-0.25, -0.2) is 4.98 Å². The van der Waals surface area contributed by atoms with Crippen molar-refractivity contribution in [2.24, 2.45) is 0 Å². The molecule has 0 bridgehead atoms. The van der Waals surface area contributed by atoms with Crippen molar-refractivity contribution in [2.75, 3.05) is 19.0 Å². The number of ether oxygens (including phenoxy) is 1. The Hall–Kier alpha value is -1.03. The predicted molar refractivity (Wildman–Crippen MR) is 55.4 cm³/mol. The Morgan fingerprint density at radius 1 is 1.64 bits per heavy atom. The van der Waals surface area contributed by atoms with Gasteiger partial charge in [-0.3, -0.25) is 0 Å². The van der Waals surface area contributed by atoms with E-state index >= 15 is 0 Å². The quantitative estimate of drug-likeness (QED) is 0.699. The number of anilines is 1. The first-order valence-corrected chi connectivity index (χ1v) is 5.17. The molecule has 1 saturated carbocycles. The van der Waals surface area contributed by atoms with Crippen LogP contribution in [-0.2, 0) is 11.3 Å². The number of methoxy groups -OCH3 is 1. The Labute approximate surface area is 84.3 Å². The van der Waals surface area contributed by atoms with E-state index in [1.54, 1.807) is 7.11 Å². The Bertz CT molecular complexity index is 281. The van der Waals surface area contributed by atoms with E-state index in [0.717, 1.165) is 25.5 Å². The van der Waals surface area contributed by atoms with Crippen molar-refractivity contribution >= 4 is 5.95 Å². The molecule has 1 heterocycles. The zero-order valence-corrected chi connectivity index (χ0v) is 8.57. The molecule has 0 radical (unpaired) electrons. The van der Waals surface area contributed by atoms with Crippen LogP contribution < -0.4 is 5.32 Å². The molecular formula is C10H17N3O. The molecule has 1 aliphatic rings. The summed E-state index contributed by atoms with van der Waals surface area (Å²) in [6, 6.07) is 0.665. The van der Waals surface area contributed by atoms with Crippen molar-refractivity contribution in [2.45, 2.75) is 31.8 Å². The van der Waals surface area contributed by atoms with Gasteiger partial charge in [0.15, 0.2) is 0 Å². The lowest BCUT2D eigenvalue weighted by atomic mass is 10.4. The van der Waals surface area contributed by atoms with Crippen LogP contribution in [0.1, 0.15) is 19.3 Å². The zero-order valence-electron chi connectivity index (χ0n) is 8.57. The summed E-state index contributed by atoms with van der Waals surface area (Å²) in [6.45, 7) is 1.78. The van der Waals surface area contributed by atoms with Crippen molar-refractivity contribution in [3.8, 4) is 0 Å². The summed E-state index contributed by atoms with van der Waals surface area (Å²) in [6.07, 6.45) is 7.46. The van der Waals surface area contributed by atoms with Gasteiger partial charge in [0.05, 0.1) is 0 Å². The van der Waals surface area contributed by atoms with E-state index in [4.69, 9.17) is 4.74 Å². The first-order chi connectivity index (χ1) is 6.90. The highest BCUT2D eigenvalue weighted by atomic mass is 16.5. The van der Waals surface area contributed by atoms with Crippen LogP contribution in [0.3, 0.4) is 0 Å². The molecule has 0 aliphatic heterocycles. The maximum atomic E-state index is 5.02. The largest absolute Gasteiger partial charge is 0.385 e. The molecule has 4 heteroatoms. The van der Waals surface area contributed by atoms with Crippen molar-refractivity contribution in [3.05, 3.63) is 12.4 Å². The summed E-state index contributed by atoms with van der Waals surface area (Å²) in [5.41, 5.74) is 0. The Morgan fingerprint density at radius 3 is 3.21 bits per heavy atom. The monoisotopic (exact) mass is 195 g/mol. The lowest BCUT2D eigenvalue weighted by molar-refractivity contribution is 0.190. The van der Waals surface area contributed by atoms with Crippen LogP contribution in [0.2, 0.25) is 0 Å². The molecule has 0 amide bonds. The van der Waals surface area contributed by atoms with E-state index in [1.807, 2.05) is 12.4 Å². The van der Waals surface area contributed by atoms with Gasteiger partial charge in [0, 0.05) is 38.7 Å². The number of imidazole rings is 1. The third-order valence-electron chi connectivity index (χ3n) is 2.37. The molecule has 0 saturated heterocycles. The fourth-order valence-corrected chi connectivity index (χ4v) is 1.42. The van der Waals surface area contributed by atoms with Crippen LogP contribution >= 0.6 is 0 Å². The SMILES string of the molecule is COCCCn1ccnc1NC1CC1. The Morgan fingerprint density at radius 2 is 2.50 bits per heavy atom. The first kappa shape index (κ1) is 9.52. The van der Waals surface area contributed by atoms with Crippen LogP contribution in [-0.4, -0.2) is 29.3 Å². The number of nitrogens with one attached hydrogen (secondary N) is 1. The lowest BCUT2D eigenvalue weighted by Gasteiger charge is -2.08. The second-order valence-electron chi connectivity index (χ2n) is 3.71. The summed E-state index contributed by atoms with van der Waals surface area (Å²) >= 11 is 0. The topological polar surface area (TPSA) is 39.1 Å². The maximum absolute atomic E-state index is 5.02. The molecule has 14 heavy (non-hydrogen) atoms. The minimum Gasteiger partial charge on any atom is -0.385 e. The third kappa shape index (κ3) is 2.48. The molecule has 1 aromatic rings. The van der Waals surface area contributed by atoms with Crippen LogP contribution in [0.4, 0.5) is 5.95 Å².